The van der Waals surface area contributed by atoms with Gasteiger partial charge in [0.1, 0.15) is 5.75 Å². The molecule has 3 aromatic rings. The number of likely N-dealkylation sites (tertiary alicyclic amines) is 1. The third kappa shape index (κ3) is 3.90. The molecule has 2 atom stereocenters. The Bertz CT molecular complexity index is 1090. The average molecular weight is 430 g/mol. The van der Waals surface area contributed by atoms with E-state index in [1.54, 1.807) is 15.6 Å². The molecule has 0 amide bonds. The zero-order valence-electron chi connectivity index (χ0n) is 16.2. The fourth-order valence-electron chi connectivity index (χ4n) is 4.39. The van der Waals surface area contributed by atoms with E-state index >= 15 is 0 Å². The number of hydrogen-bond acceptors (Lipinski definition) is 6. The molecule has 0 spiro atoms. The van der Waals surface area contributed by atoms with Crippen LogP contribution < -0.4 is 4.74 Å². The quantitative estimate of drug-likeness (QED) is 0.601. The van der Waals surface area contributed by atoms with Crippen LogP contribution in [0.5, 0.6) is 10.9 Å². The van der Waals surface area contributed by atoms with Gasteiger partial charge in [-0.05, 0) is 42.7 Å². The molecule has 2 saturated heterocycles. The average Bonchev–Trinajstić information content (AvgIpc) is 3.40. The smallest absolute Gasteiger partial charge is 0.279 e. The summed E-state index contributed by atoms with van der Waals surface area (Å²) < 4.78 is 32.3. The highest BCUT2D eigenvalue weighted by atomic mass is 32.2. The molecule has 0 saturated carbocycles. The summed E-state index contributed by atoms with van der Waals surface area (Å²) in [6.45, 7) is 2.44. The molecule has 29 heavy (non-hydrogen) atoms. The normalized spacial score (nSPS) is 22.5. The van der Waals surface area contributed by atoms with E-state index in [-0.39, 0.29) is 6.04 Å². The molecule has 0 aliphatic carbocycles. The number of nitrogens with zero attached hydrogens (tertiary/aromatic N) is 3. The van der Waals surface area contributed by atoms with Crippen molar-refractivity contribution in [3.05, 3.63) is 54.1 Å². The van der Waals surface area contributed by atoms with Crippen LogP contribution in [0.4, 0.5) is 0 Å². The van der Waals surface area contributed by atoms with Gasteiger partial charge in [-0.15, -0.1) is 0 Å². The van der Waals surface area contributed by atoms with Gasteiger partial charge in [-0.1, -0.05) is 35.6 Å². The maximum Gasteiger partial charge on any atom is 0.279 e. The fourth-order valence-corrected chi connectivity index (χ4v) is 6.36. The number of benzene rings is 2. The molecule has 0 N–H and O–H groups in total. The highest BCUT2D eigenvalue weighted by molar-refractivity contribution is 7.88. The largest absolute Gasteiger partial charge is 0.431 e. The summed E-state index contributed by atoms with van der Waals surface area (Å²) in [6, 6.07) is 16.7. The molecule has 2 aliphatic rings. The number of rotatable bonds is 6. The van der Waals surface area contributed by atoms with E-state index in [9.17, 15) is 8.42 Å². The lowest BCUT2D eigenvalue weighted by Crippen LogP contribution is -2.48. The highest BCUT2D eigenvalue weighted by Gasteiger charge is 2.46. The number of hydrogen-bond donors (Lipinski definition) is 0. The lowest BCUT2D eigenvalue weighted by atomic mass is 10.1. The number of ether oxygens (including phenoxy) is 1. The molecular formula is C21H23N3O3S2. The van der Waals surface area contributed by atoms with Crippen LogP contribution in [0.1, 0.15) is 12.0 Å². The number of aromatic nitrogens is 1. The van der Waals surface area contributed by atoms with E-state index in [0.717, 1.165) is 41.9 Å². The van der Waals surface area contributed by atoms with Gasteiger partial charge < -0.3 is 4.74 Å². The molecule has 5 rings (SSSR count). The van der Waals surface area contributed by atoms with Gasteiger partial charge >= 0.3 is 0 Å². The molecule has 6 nitrogen and oxygen atoms in total. The topological polar surface area (TPSA) is 62.7 Å². The summed E-state index contributed by atoms with van der Waals surface area (Å²) >= 11 is 1.55. The summed E-state index contributed by atoms with van der Waals surface area (Å²) in [6.07, 6.45) is 3.22. The van der Waals surface area contributed by atoms with Crippen molar-refractivity contribution in [3.8, 4) is 10.9 Å². The number of fused-ring (bicyclic) bond motifs is 3. The minimum atomic E-state index is -3.07. The summed E-state index contributed by atoms with van der Waals surface area (Å²) in [7, 11) is -3.07. The maximum atomic E-state index is 11.8. The van der Waals surface area contributed by atoms with Crippen LogP contribution in [-0.4, -0.2) is 60.6 Å². The van der Waals surface area contributed by atoms with E-state index in [1.165, 1.54) is 11.8 Å². The molecule has 3 heterocycles. The summed E-state index contributed by atoms with van der Waals surface area (Å²) in [5.41, 5.74) is 2.21. The highest BCUT2D eigenvalue weighted by Crippen LogP contribution is 2.33. The lowest BCUT2D eigenvalue weighted by Gasteiger charge is -2.32. The minimum Gasteiger partial charge on any atom is -0.431 e. The van der Waals surface area contributed by atoms with Crippen molar-refractivity contribution in [3.63, 3.8) is 0 Å². The summed E-state index contributed by atoms with van der Waals surface area (Å²) in [5, 5.41) is 0.655. The Morgan fingerprint density at radius 3 is 2.59 bits per heavy atom. The molecule has 2 aliphatic heterocycles. The van der Waals surface area contributed by atoms with Crippen LogP contribution >= 0.6 is 11.3 Å². The molecule has 2 aromatic carbocycles. The number of sulfonamides is 1. The van der Waals surface area contributed by atoms with E-state index in [4.69, 9.17) is 4.74 Å². The van der Waals surface area contributed by atoms with Crippen LogP contribution in [-0.2, 0) is 16.4 Å². The Balaban J connectivity index is 1.17. The van der Waals surface area contributed by atoms with Gasteiger partial charge in [-0.2, -0.15) is 4.31 Å². The second kappa shape index (κ2) is 7.36. The van der Waals surface area contributed by atoms with Crippen molar-refractivity contribution in [1.82, 2.24) is 14.2 Å². The first-order valence-electron chi connectivity index (χ1n) is 9.79. The van der Waals surface area contributed by atoms with E-state index < -0.39 is 10.0 Å². The Morgan fingerprint density at radius 2 is 1.90 bits per heavy atom. The molecule has 8 heteroatoms. The number of thiazole rings is 1. The first-order chi connectivity index (χ1) is 14.0. The standard InChI is InChI=1S/C21H23N3O3S2/c1-29(25,26)24-14-16-12-17(24)13-23(16)11-10-15-6-8-18(9-7-15)27-21-22-19-4-2-3-5-20(19)28-21/h2-9,16-17H,10-14H2,1H3/t16-,17-/m0/s1. The second-order valence-electron chi connectivity index (χ2n) is 7.81. The van der Waals surface area contributed by atoms with Crippen molar-refractivity contribution in [2.45, 2.75) is 24.9 Å². The molecule has 2 bridgehead atoms. The summed E-state index contributed by atoms with van der Waals surface area (Å²) in [5.74, 6) is 0.789. The first-order valence-corrected chi connectivity index (χ1v) is 12.5. The van der Waals surface area contributed by atoms with Gasteiger partial charge in [0.25, 0.3) is 5.19 Å². The van der Waals surface area contributed by atoms with Crippen LogP contribution in [0.2, 0.25) is 0 Å². The SMILES string of the molecule is CS(=O)(=O)N1C[C@@H]2C[C@H]1CN2CCc1ccc(Oc2nc3ccccc3s2)cc1. The van der Waals surface area contributed by atoms with E-state index in [0.29, 0.717) is 17.8 Å². The van der Waals surface area contributed by atoms with Gasteiger partial charge in [0, 0.05) is 31.7 Å². The zero-order valence-corrected chi connectivity index (χ0v) is 17.8. The summed E-state index contributed by atoms with van der Waals surface area (Å²) in [4.78, 5) is 6.94. The van der Waals surface area contributed by atoms with Crippen LogP contribution in [0.3, 0.4) is 0 Å². The monoisotopic (exact) mass is 429 g/mol. The second-order valence-corrected chi connectivity index (χ2v) is 10.7. The third-order valence-electron chi connectivity index (χ3n) is 5.82. The van der Waals surface area contributed by atoms with Crippen molar-refractivity contribution in [2.24, 2.45) is 0 Å². The Morgan fingerprint density at radius 1 is 1.10 bits per heavy atom. The van der Waals surface area contributed by atoms with Crippen molar-refractivity contribution in [1.29, 1.82) is 0 Å². The third-order valence-corrected chi connectivity index (χ3v) is 8.03. The number of piperazine rings is 1. The predicted octanol–water partition coefficient (Wildman–Crippen LogP) is 3.35. The molecule has 2 fully saturated rings. The minimum absolute atomic E-state index is 0.152. The number of para-hydroxylation sites is 1. The van der Waals surface area contributed by atoms with Crippen LogP contribution in [0.25, 0.3) is 10.2 Å². The van der Waals surface area contributed by atoms with Crippen LogP contribution in [0.15, 0.2) is 48.5 Å². The van der Waals surface area contributed by atoms with E-state index in [2.05, 4.69) is 22.0 Å². The Labute approximate surface area is 174 Å². The molecule has 0 unspecified atom stereocenters. The van der Waals surface area contributed by atoms with Gasteiger partial charge in [0.15, 0.2) is 0 Å². The van der Waals surface area contributed by atoms with Gasteiger partial charge in [-0.25, -0.2) is 13.4 Å². The van der Waals surface area contributed by atoms with Crippen molar-refractivity contribution in [2.75, 3.05) is 25.9 Å². The van der Waals surface area contributed by atoms with E-state index in [1.807, 2.05) is 36.4 Å². The fraction of sp³-hybridized carbons (Fsp3) is 0.381. The maximum absolute atomic E-state index is 11.8. The van der Waals surface area contributed by atoms with Crippen LogP contribution in [0, 0.1) is 0 Å². The van der Waals surface area contributed by atoms with Crippen molar-refractivity contribution < 1.29 is 13.2 Å². The molecule has 0 radical (unpaired) electrons. The molecule has 1 aromatic heterocycles. The predicted molar refractivity (Wildman–Crippen MR) is 115 cm³/mol. The first kappa shape index (κ1) is 19.0. The molecular weight excluding hydrogens is 406 g/mol. The lowest BCUT2D eigenvalue weighted by molar-refractivity contribution is 0.184. The van der Waals surface area contributed by atoms with Gasteiger partial charge in [-0.3, -0.25) is 4.90 Å². The Kier molecular flexibility index (Phi) is 4.82. The van der Waals surface area contributed by atoms with Crippen molar-refractivity contribution >= 4 is 31.6 Å². The zero-order chi connectivity index (χ0) is 20.0. The Hall–Kier alpha value is -2.00. The van der Waals surface area contributed by atoms with Gasteiger partial charge in [0.2, 0.25) is 10.0 Å². The molecule has 152 valence electrons. The van der Waals surface area contributed by atoms with Gasteiger partial charge in [0.05, 0.1) is 16.5 Å².